The van der Waals surface area contributed by atoms with Crippen LogP contribution in [-0.4, -0.2) is 41.6 Å². The number of rotatable bonds is 5. The quantitative estimate of drug-likeness (QED) is 0.880. The van der Waals surface area contributed by atoms with Crippen LogP contribution in [0.1, 0.15) is 57.9 Å². The Balaban J connectivity index is 1.22. The van der Waals surface area contributed by atoms with E-state index < -0.39 is 0 Å². The molecule has 0 amide bonds. The van der Waals surface area contributed by atoms with Crippen LogP contribution in [0.5, 0.6) is 0 Å². The van der Waals surface area contributed by atoms with E-state index in [1.165, 1.54) is 63.7 Å². The van der Waals surface area contributed by atoms with Crippen molar-refractivity contribution >= 4 is 0 Å². The Morgan fingerprint density at radius 2 is 1.80 bits per heavy atom. The summed E-state index contributed by atoms with van der Waals surface area (Å²) in [7, 11) is 0. The molecule has 2 saturated carbocycles. The second-order valence-electron chi connectivity index (χ2n) is 9.24. The van der Waals surface area contributed by atoms with Gasteiger partial charge in [0.25, 0.3) is 0 Å². The van der Waals surface area contributed by atoms with Crippen molar-refractivity contribution in [3.63, 3.8) is 0 Å². The summed E-state index contributed by atoms with van der Waals surface area (Å²) < 4.78 is 0. The predicted molar refractivity (Wildman–Crippen MR) is 104 cm³/mol. The van der Waals surface area contributed by atoms with Crippen molar-refractivity contribution in [2.24, 2.45) is 17.3 Å². The molecule has 2 heterocycles. The number of pyridine rings is 1. The SMILES string of the molecule is CC1(C)[C@H](NC2CCN(CCc3ccncc3)CC2)[C@@H]2CCCC[C@@H]21. The highest BCUT2D eigenvalue weighted by molar-refractivity contribution is 5.11. The zero-order chi connectivity index (χ0) is 17.3. The molecule has 0 unspecified atom stereocenters. The van der Waals surface area contributed by atoms with Gasteiger partial charge < -0.3 is 10.2 Å². The highest BCUT2D eigenvalue weighted by Crippen LogP contribution is 2.57. The summed E-state index contributed by atoms with van der Waals surface area (Å²) in [5, 5.41) is 4.10. The minimum atomic E-state index is 0.517. The van der Waals surface area contributed by atoms with E-state index >= 15 is 0 Å². The molecule has 3 atom stereocenters. The third-order valence-electron chi connectivity index (χ3n) is 7.47. The molecular weight excluding hydrogens is 306 g/mol. The summed E-state index contributed by atoms with van der Waals surface area (Å²) in [6.45, 7) is 8.73. The minimum absolute atomic E-state index is 0.517. The van der Waals surface area contributed by atoms with Crippen LogP contribution >= 0.6 is 0 Å². The van der Waals surface area contributed by atoms with Gasteiger partial charge in [-0.15, -0.1) is 0 Å². The van der Waals surface area contributed by atoms with Crippen LogP contribution in [-0.2, 0) is 6.42 Å². The largest absolute Gasteiger partial charge is 0.310 e. The van der Waals surface area contributed by atoms with E-state index in [1.54, 1.807) is 0 Å². The van der Waals surface area contributed by atoms with Crippen molar-refractivity contribution in [2.75, 3.05) is 19.6 Å². The number of nitrogens with zero attached hydrogens (tertiary/aromatic N) is 2. The molecule has 138 valence electrons. The van der Waals surface area contributed by atoms with E-state index in [9.17, 15) is 0 Å². The minimum Gasteiger partial charge on any atom is -0.310 e. The van der Waals surface area contributed by atoms with Gasteiger partial charge in [-0.05, 0) is 80.1 Å². The fourth-order valence-corrected chi connectivity index (χ4v) is 5.90. The molecule has 25 heavy (non-hydrogen) atoms. The fourth-order valence-electron chi connectivity index (χ4n) is 5.90. The second-order valence-corrected chi connectivity index (χ2v) is 9.24. The molecule has 1 aliphatic heterocycles. The van der Waals surface area contributed by atoms with Crippen molar-refractivity contribution < 1.29 is 0 Å². The van der Waals surface area contributed by atoms with E-state index in [-0.39, 0.29) is 0 Å². The number of fused-ring (bicyclic) bond motifs is 1. The van der Waals surface area contributed by atoms with Crippen LogP contribution in [0.25, 0.3) is 0 Å². The van der Waals surface area contributed by atoms with E-state index in [0.29, 0.717) is 5.41 Å². The molecule has 1 aromatic rings. The molecule has 2 aliphatic carbocycles. The van der Waals surface area contributed by atoms with Gasteiger partial charge in [-0.2, -0.15) is 0 Å². The van der Waals surface area contributed by atoms with Gasteiger partial charge in [0.1, 0.15) is 0 Å². The molecular formula is C22H35N3. The number of nitrogens with one attached hydrogen (secondary N) is 1. The van der Waals surface area contributed by atoms with Crippen molar-refractivity contribution in [3.05, 3.63) is 30.1 Å². The van der Waals surface area contributed by atoms with Crippen molar-refractivity contribution in [1.29, 1.82) is 0 Å². The molecule has 3 heteroatoms. The van der Waals surface area contributed by atoms with Crippen LogP contribution < -0.4 is 5.32 Å². The first-order chi connectivity index (χ1) is 12.1. The highest BCUT2D eigenvalue weighted by atomic mass is 15.1. The third kappa shape index (κ3) is 3.64. The summed E-state index contributed by atoms with van der Waals surface area (Å²) in [5.74, 6) is 1.95. The number of piperidine rings is 1. The van der Waals surface area contributed by atoms with E-state index in [4.69, 9.17) is 0 Å². The number of likely N-dealkylation sites (tertiary alicyclic amines) is 1. The maximum Gasteiger partial charge on any atom is 0.0270 e. The lowest BCUT2D eigenvalue weighted by molar-refractivity contribution is -0.0939. The topological polar surface area (TPSA) is 28.2 Å². The Bertz CT molecular complexity index is 548. The Morgan fingerprint density at radius 3 is 2.56 bits per heavy atom. The molecule has 1 saturated heterocycles. The highest BCUT2D eigenvalue weighted by Gasteiger charge is 2.56. The summed E-state index contributed by atoms with van der Waals surface area (Å²) in [6.07, 6.45) is 13.5. The van der Waals surface area contributed by atoms with E-state index in [2.05, 4.69) is 41.2 Å². The van der Waals surface area contributed by atoms with Gasteiger partial charge in [0.05, 0.1) is 0 Å². The smallest absolute Gasteiger partial charge is 0.0270 e. The summed E-state index contributed by atoms with van der Waals surface area (Å²) in [6, 6.07) is 5.80. The Labute approximate surface area is 153 Å². The average Bonchev–Trinajstić information content (AvgIpc) is 2.66. The molecule has 0 aromatic carbocycles. The third-order valence-corrected chi connectivity index (χ3v) is 7.47. The number of aromatic nitrogens is 1. The molecule has 4 rings (SSSR count). The monoisotopic (exact) mass is 341 g/mol. The Morgan fingerprint density at radius 1 is 1.08 bits per heavy atom. The molecule has 0 bridgehead atoms. The van der Waals surface area contributed by atoms with Crippen LogP contribution in [0.15, 0.2) is 24.5 Å². The first-order valence-electron chi connectivity index (χ1n) is 10.5. The maximum atomic E-state index is 4.11. The van der Waals surface area contributed by atoms with Crippen molar-refractivity contribution in [2.45, 2.75) is 70.9 Å². The van der Waals surface area contributed by atoms with Crippen molar-refractivity contribution in [3.8, 4) is 0 Å². The molecule has 0 radical (unpaired) electrons. The van der Waals surface area contributed by atoms with Crippen LogP contribution in [0.4, 0.5) is 0 Å². The van der Waals surface area contributed by atoms with Crippen LogP contribution in [0, 0.1) is 17.3 Å². The lowest BCUT2D eigenvalue weighted by atomic mass is 9.47. The summed E-state index contributed by atoms with van der Waals surface area (Å²) >= 11 is 0. The maximum absolute atomic E-state index is 4.11. The molecule has 3 fully saturated rings. The first kappa shape index (κ1) is 17.5. The van der Waals surface area contributed by atoms with Gasteiger partial charge in [-0.3, -0.25) is 4.98 Å². The molecule has 1 N–H and O–H groups in total. The number of hydrogen-bond donors (Lipinski definition) is 1. The standard InChI is InChI=1S/C22H35N3/c1-22(2)20-6-4-3-5-19(20)21(22)24-18-10-15-25(16-11-18)14-9-17-7-12-23-13-8-17/h7-8,12-13,18-21,24H,3-6,9-11,14-16H2,1-2H3/t19-,20+,21-/m1/s1. The zero-order valence-electron chi connectivity index (χ0n) is 16.1. The lowest BCUT2D eigenvalue weighted by Gasteiger charge is -2.62. The van der Waals surface area contributed by atoms with Gasteiger partial charge in [0.15, 0.2) is 0 Å². The van der Waals surface area contributed by atoms with Gasteiger partial charge in [-0.1, -0.05) is 26.7 Å². The molecule has 3 aliphatic rings. The first-order valence-corrected chi connectivity index (χ1v) is 10.5. The Hall–Kier alpha value is -0.930. The molecule has 1 aromatic heterocycles. The summed E-state index contributed by atoms with van der Waals surface area (Å²) in [4.78, 5) is 6.76. The number of hydrogen-bond acceptors (Lipinski definition) is 3. The molecule has 3 nitrogen and oxygen atoms in total. The van der Waals surface area contributed by atoms with Crippen LogP contribution in [0.2, 0.25) is 0 Å². The van der Waals surface area contributed by atoms with Crippen LogP contribution in [0.3, 0.4) is 0 Å². The molecule has 0 spiro atoms. The zero-order valence-corrected chi connectivity index (χ0v) is 16.1. The fraction of sp³-hybridized carbons (Fsp3) is 0.773. The van der Waals surface area contributed by atoms with E-state index in [1.807, 2.05) is 12.4 Å². The normalized spacial score (nSPS) is 32.8. The lowest BCUT2D eigenvalue weighted by Crippen LogP contribution is -2.67. The van der Waals surface area contributed by atoms with Gasteiger partial charge in [0.2, 0.25) is 0 Å². The second kappa shape index (κ2) is 7.36. The Kier molecular flexibility index (Phi) is 5.15. The average molecular weight is 342 g/mol. The van der Waals surface area contributed by atoms with Gasteiger partial charge >= 0.3 is 0 Å². The van der Waals surface area contributed by atoms with Crippen molar-refractivity contribution in [1.82, 2.24) is 15.2 Å². The summed E-state index contributed by atoms with van der Waals surface area (Å²) in [5.41, 5.74) is 1.93. The predicted octanol–water partition coefficient (Wildman–Crippen LogP) is 3.89. The van der Waals surface area contributed by atoms with Gasteiger partial charge in [0, 0.05) is 31.0 Å². The van der Waals surface area contributed by atoms with Gasteiger partial charge in [-0.25, -0.2) is 0 Å². The van der Waals surface area contributed by atoms with E-state index in [0.717, 1.165) is 30.3 Å².